The van der Waals surface area contributed by atoms with Crippen molar-refractivity contribution in [3.63, 3.8) is 0 Å². The molecule has 1 aromatic heterocycles. The van der Waals surface area contributed by atoms with Gasteiger partial charge < -0.3 is 11.1 Å². The molecule has 0 spiro atoms. The van der Waals surface area contributed by atoms with Crippen LogP contribution >= 0.6 is 39.1 Å². The maximum absolute atomic E-state index is 12.3. The van der Waals surface area contributed by atoms with E-state index in [1.807, 2.05) is 6.92 Å². The smallest absolute Gasteiger partial charge is 0.255 e. The van der Waals surface area contributed by atoms with Crippen molar-refractivity contribution in [1.29, 1.82) is 0 Å². The average molecular weight is 389 g/mol. The predicted octanol–water partition coefficient (Wildman–Crippen LogP) is 4.55. The lowest BCUT2D eigenvalue weighted by Gasteiger charge is -2.10. The zero-order valence-corrected chi connectivity index (χ0v) is 14.2. The first-order valence-corrected chi connectivity index (χ1v) is 7.68. The van der Waals surface area contributed by atoms with Gasteiger partial charge in [0.2, 0.25) is 0 Å². The lowest BCUT2D eigenvalue weighted by atomic mass is 10.1. The minimum atomic E-state index is -0.320. The second-order valence-electron chi connectivity index (χ2n) is 4.30. The number of anilines is 2. The number of amides is 1. The van der Waals surface area contributed by atoms with Crippen molar-refractivity contribution in [1.82, 2.24) is 4.98 Å². The molecule has 0 aliphatic carbocycles. The molecule has 0 aliphatic heterocycles. The van der Waals surface area contributed by atoms with Crippen molar-refractivity contribution in [2.24, 2.45) is 0 Å². The zero-order chi connectivity index (χ0) is 15.6. The number of halogens is 3. The molecule has 21 heavy (non-hydrogen) atoms. The monoisotopic (exact) mass is 387 g/mol. The fraction of sp³-hybridized carbons (Fsp3) is 0.143. The first kappa shape index (κ1) is 16.1. The second kappa shape index (κ2) is 6.64. The molecular formula is C14H12BrCl2N3O. The molecule has 0 unspecified atom stereocenters. The van der Waals surface area contributed by atoms with E-state index in [4.69, 9.17) is 28.9 Å². The number of hydrogen-bond donors (Lipinski definition) is 2. The number of nitrogen functional groups attached to an aromatic ring is 1. The van der Waals surface area contributed by atoms with Gasteiger partial charge >= 0.3 is 0 Å². The van der Waals surface area contributed by atoms with Gasteiger partial charge in [0.15, 0.2) is 0 Å². The molecule has 4 nitrogen and oxygen atoms in total. The van der Waals surface area contributed by atoms with Crippen LogP contribution in [0.5, 0.6) is 0 Å². The first-order valence-electron chi connectivity index (χ1n) is 6.13. The van der Waals surface area contributed by atoms with Gasteiger partial charge in [-0.05, 0) is 46.6 Å². The van der Waals surface area contributed by atoms with Crippen LogP contribution in [0.4, 0.5) is 11.5 Å². The summed E-state index contributed by atoms with van der Waals surface area (Å²) >= 11 is 15.4. The van der Waals surface area contributed by atoms with Gasteiger partial charge in [0.05, 0.1) is 15.7 Å². The Labute approximate surface area is 140 Å². The lowest BCUT2D eigenvalue weighted by Crippen LogP contribution is -2.14. The molecule has 0 atom stereocenters. The Hall–Kier alpha value is -1.30. The molecule has 1 amide bonds. The first-order chi connectivity index (χ1) is 9.92. The molecule has 0 radical (unpaired) electrons. The van der Waals surface area contributed by atoms with Gasteiger partial charge in [-0.25, -0.2) is 4.98 Å². The molecule has 110 valence electrons. The van der Waals surface area contributed by atoms with Crippen LogP contribution in [0.1, 0.15) is 23.0 Å². The van der Waals surface area contributed by atoms with Crippen molar-refractivity contribution in [2.75, 3.05) is 11.1 Å². The highest BCUT2D eigenvalue weighted by molar-refractivity contribution is 9.10. The number of aryl methyl sites for hydroxylation is 1. The Bertz CT molecular complexity index is 707. The topological polar surface area (TPSA) is 68.0 Å². The van der Waals surface area contributed by atoms with Crippen LogP contribution in [-0.2, 0) is 6.42 Å². The molecule has 3 N–H and O–H groups in total. The van der Waals surface area contributed by atoms with Crippen molar-refractivity contribution in [2.45, 2.75) is 13.3 Å². The summed E-state index contributed by atoms with van der Waals surface area (Å²) in [6, 6.07) is 6.59. The summed E-state index contributed by atoms with van der Waals surface area (Å²) in [5.41, 5.74) is 7.30. The Morgan fingerprint density at radius 1 is 1.33 bits per heavy atom. The maximum Gasteiger partial charge on any atom is 0.255 e. The van der Waals surface area contributed by atoms with E-state index in [9.17, 15) is 4.79 Å². The maximum atomic E-state index is 12.3. The Kier molecular flexibility index (Phi) is 5.08. The lowest BCUT2D eigenvalue weighted by molar-refractivity contribution is 0.102. The fourth-order valence-electron chi connectivity index (χ4n) is 1.74. The van der Waals surface area contributed by atoms with Gasteiger partial charge in [-0.3, -0.25) is 4.79 Å². The third-order valence-corrected chi connectivity index (χ3v) is 4.58. The highest BCUT2D eigenvalue weighted by atomic mass is 79.9. The third-order valence-electron chi connectivity index (χ3n) is 2.81. The van der Waals surface area contributed by atoms with Gasteiger partial charge in [-0.1, -0.05) is 30.1 Å². The molecular weight excluding hydrogens is 377 g/mol. The van der Waals surface area contributed by atoms with E-state index in [2.05, 4.69) is 26.2 Å². The summed E-state index contributed by atoms with van der Waals surface area (Å²) in [5.74, 6) is -0.0153. The van der Waals surface area contributed by atoms with Gasteiger partial charge in [-0.15, -0.1) is 0 Å². The summed E-state index contributed by atoms with van der Waals surface area (Å²) in [5, 5.41) is 3.33. The molecule has 0 bridgehead atoms. The number of nitrogens with one attached hydrogen (secondary N) is 1. The van der Waals surface area contributed by atoms with Crippen molar-refractivity contribution >= 4 is 56.5 Å². The number of aromatic nitrogens is 1. The van der Waals surface area contributed by atoms with Crippen molar-refractivity contribution in [3.05, 3.63) is 50.0 Å². The van der Waals surface area contributed by atoms with Crippen LogP contribution in [0.25, 0.3) is 0 Å². The molecule has 2 rings (SSSR count). The SMILES string of the molecule is CCc1cc(C(=O)Nc2ccc(Br)c(Cl)c2Cl)cc(N)n1. The van der Waals surface area contributed by atoms with E-state index in [-0.39, 0.29) is 10.9 Å². The number of benzene rings is 1. The fourth-order valence-corrected chi connectivity index (χ4v) is 2.56. The van der Waals surface area contributed by atoms with E-state index in [1.165, 1.54) is 6.07 Å². The molecule has 0 aliphatic rings. The number of carbonyl (C=O) groups is 1. The van der Waals surface area contributed by atoms with E-state index in [0.29, 0.717) is 33.0 Å². The standard InChI is InChI=1S/C14H12BrCl2N3O/c1-2-8-5-7(6-11(18)19-8)14(21)20-10-4-3-9(15)12(16)13(10)17/h3-6H,2H2,1H3,(H2,18,19)(H,20,21). The van der Waals surface area contributed by atoms with E-state index < -0.39 is 0 Å². The van der Waals surface area contributed by atoms with Gasteiger partial charge in [0.25, 0.3) is 5.91 Å². The van der Waals surface area contributed by atoms with Crippen LogP contribution in [0.15, 0.2) is 28.7 Å². The molecule has 1 aromatic carbocycles. The normalized spacial score (nSPS) is 10.5. The minimum absolute atomic E-state index is 0.275. The van der Waals surface area contributed by atoms with Gasteiger partial charge in [-0.2, -0.15) is 0 Å². The van der Waals surface area contributed by atoms with Gasteiger partial charge in [0, 0.05) is 15.7 Å². The molecule has 2 aromatic rings. The van der Waals surface area contributed by atoms with Crippen LogP contribution in [0.2, 0.25) is 10.0 Å². The number of nitrogens with zero attached hydrogens (tertiary/aromatic N) is 1. The van der Waals surface area contributed by atoms with E-state index in [1.54, 1.807) is 18.2 Å². The molecule has 0 saturated carbocycles. The summed E-state index contributed by atoms with van der Waals surface area (Å²) in [7, 11) is 0. The van der Waals surface area contributed by atoms with Crippen LogP contribution in [-0.4, -0.2) is 10.9 Å². The number of rotatable bonds is 3. The van der Waals surface area contributed by atoms with E-state index in [0.717, 1.165) is 5.69 Å². The third kappa shape index (κ3) is 3.67. The predicted molar refractivity (Wildman–Crippen MR) is 90.1 cm³/mol. The van der Waals surface area contributed by atoms with Crippen molar-refractivity contribution in [3.8, 4) is 0 Å². The average Bonchev–Trinajstić information content (AvgIpc) is 2.47. The van der Waals surface area contributed by atoms with Crippen LogP contribution in [0, 0.1) is 0 Å². The second-order valence-corrected chi connectivity index (χ2v) is 5.91. The minimum Gasteiger partial charge on any atom is -0.384 e. The summed E-state index contributed by atoms with van der Waals surface area (Å²) < 4.78 is 0.661. The largest absolute Gasteiger partial charge is 0.384 e. The number of carbonyl (C=O) groups excluding carboxylic acids is 1. The number of hydrogen-bond acceptors (Lipinski definition) is 3. The Morgan fingerprint density at radius 2 is 2.05 bits per heavy atom. The Balaban J connectivity index is 2.30. The molecule has 0 fully saturated rings. The number of pyridine rings is 1. The Morgan fingerprint density at radius 3 is 2.71 bits per heavy atom. The van der Waals surface area contributed by atoms with Crippen LogP contribution in [0.3, 0.4) is 0 Å². The number of nitrogens with two attached hydrogens (primary N) is 1. The van der Waals surface area contributed by atoms with Crippen LogP contribution < -0.4 is 11.1 Å². The molecule has 1 heterocycles. The van der Waals surface area contributed by atoms with Crippen molar-refractivity contribution < 1.29 is 4.79 Å². The van der Waals surface area contributed by atoms with Gasteiger partial charge in [0.1, 0.15) is 5.82 Å². The summed E-state index contributed by atoms with van der Waals surface area (Å²) in [6.07, 6.45) is 0.691. The summed E-state index contributed by atoms with van der Waals surface area (Å²) in [6.45, 7) is 1.94. The molecule has 7 heteroatoms. The zero-order valence-electron chi connectivity index (χ0n) is 11.1. The molecule has 0 saturated heterocycles. The van der Waals surface area contributed by atoms with E-state index >= 15 is 0 Å². The quantitative estimate of drug-likeness (QED) is 0.758. The highest BCUT2D eigenvalue weighted by Crippen LogP contribution is 2.36. The summed E-state index contributed by atoms with van der Waals surface area (Å²) in [4.78, 5) is 16.4. The highest BCUT2D eigenvalue weighted by Gasteiger charge is 2.13.